The molecule has 0 saturated carbocycles. The fourth-order valence-corrected chi connectivity index (χ4v) is 1.30. The van der Waals surface area contributed by atoms with Crippen LogP contribution >= 0.6 is 0 Å². The van der Waals surface area contributed by atoms with E-state index in [2.05, 4.69) is 0 Å². The topological polar surface area (TPSA) is 56.2 Å². The third-order valence-corrected chi connectivity index (χ3v) is 1.93. The van der Waals surface area contributed by atoms with E-state index in [-0.39, 0.29) is 0 Å². The van der Waals surface area contributed by atoms with Crippen LogP contribution in [0.5, 0.6) is 0 Å². The summed E-state index contributed by atoms with van der Waals surface area (Å²) >= 11 is 0. The molecular weight excluding hydrogens is 166 g/mol. The molecule has 2 N–H and O–H groups in total. The van der Waals surface area contributed by atoms with Crippen molar-refractivity contribution in [2.24, 2.45) is 0 Å². The van der Waals surface area contributed by atoms with Crippen LogP contribution in [0.25, 0.3) is 11.0 Å². The molecule has 0 radical (unpaired) electrons. The maximum Gasteiger partial charge on any atom is 0.338 e. The SMILES string of the molecule is Cc1ccc2c(N)cc(=O)oc2c1. The minimum absolute atomic E-state index is 0.407. The summed E-state index contributed by atoms with van der Waals surface area (Å²) in [6.07, 6.45) is 0. The summed E-state index contributed by atoms with van der Waals surface area (Å²) in [7, 11) is 0. The molecule has 0 aliphatic carbocycles. The number of fused-ring (bicyclic) bond motifs is 1. The smallest absolute Gasteiger partial charge is 0.338 e. The zero-order valence-electron chi connectivity index (χ0n) is 7.20. The Balaban J connectivity index is 2.94. The van der Waals surface area contributed by atoms with Gasteiger partial charge in [-0.1, -0.05) is 6.07 Å². The summed E-state index contributed by atoms with van der Waals surface area (Å²) in [6.45, 7) is 1.93. The maximum atomic E-state index is 11.0. The number of hydrogen-bond donors (Lipinski definition) is 1. The third-order valence-electron chi connectivity index (χ3n) is 1.93. The average molecular weight is 175 g/mol. The van der Waals surface area contributed by atoms with E-state index in [0.29, 0.717) is 11.3 Å². The molecule has 1 aromatic carbocycles. The molecule has 2 rings (SSSR count). The van der Waals surface area contributed by atoms with Crippen LogP contribution in [0, 0.1) is 6.92 Å². The first-order chi connectivity index (χ1) is 6.16. The predicted octanol–water partition coefficient (Wildman–Crippen LogP) is 1.68. The fourth-order valence-electron chi connectivity index (χ4n) is 1.30. The number of benzene rings is 1. The van der Waals surface area contributed by atoms with Crippen molar-refractivity contribution in [3.8, 4) is 0 Å². The zero-order valence-corrected chi connectivity index (χ0v) is 7.20. The molecule has 66 valence electrons. The van der Waals surface area contributed by atoms with Gasteiger partial charge in [-0.05, 0) is 24.6 Å². The highest BCUT2D eigenvalue weighted by Gasteiger charge is 2.01. The molecular formula is C10H9NO2. The lowest BCUT2D eigenvalue weighted by atomic mass is 10.1. The second-order valence-corrected chi connectivity index (χ2v) is 3.02. The molecule has 1 heterocycles. The lowest BCUT2D eigenvalue weighted by Crippen LogP contribution is -2.00. The number of aryl methyl sites for hydroxylation is 1. The Hall–Kier alpha value is -1.77. The van der Waals surface area contributed by atoms with Gasteiger partial charge in [-0.2, -0.15) is 0 Å². The molecule has 2 aromatic rings. The van der Waals surface area contributed by atoms with E-state index in [9.17, 15) is 4.79 Å². The molecule has 1 aromatic heterocycles. The largest absolute Gasteiger partial charge is 0.423 e. The van der Waals surface area contributed by atoms with Gasteiger partial charge in [0.05, 0.1) is 0 Å². The normalized spacial score (nSPS) is 10.5. The van der Waals surface area contributed by atoms with Gasteiger partial charge in [0.15, 0.2) is 0 Å². The van der Waals surface area contributed by atoms with Gasteiger partial charge in [0, 0.05) is 17.1 Å². The average Bonchev–Trinajstić information content (AvgIpc) is 2.02. The molecule has 0 aliphatic heterocycles. The van der Waals surface area contributed by atoms with Crippen LogP contribution in [-0.4, -0.2) is 0 Å². The van der Waals surface area contributed by atoms with E-state index in [1.165, 1.54) is 6.07 Å². The minimum Gasteiger partial charge on any atom is -0.423 e. The second kappa shape index (κ2) is 2.62. The summed E-state index contributed by atoms with van der Waals surface area (Å²) in [6, 6.07) is 6.87. The first-order valence-corrected chi connectivity index (χ1v) is 3.97. The zero-order chi connectivity index (χ0) is 9.42. The van der Waals surface area contributed by atoms with Crippen LogP contribution in [-0.2, 0) is 0 Å². The molecule has 0 saturated heterocycles. The number of nitrogen functional groups attached to an aromatic ring is 1. The predicted molar refractivity (Wildman–Crippen MR) is 51.6 cm³/mol. The highest BCUT2D eigenvalue weighted by atomic mass is 16.4. The van der Waals surface area contributed by atoms with Gasteiger partial charge >= 0.3 is 5.63 Å². The molecule has 0 unspecified atom stereocenters. The standard InChI is InChI=1S/C10H9NO2/c1-6-2-3-7-8(11)5-10(12)13-9(7)4-6/h2-5H,11H2,1H3. The Morgan fingerprint density at radius 3 is 2.85 bits per heavy atom. The van der Waals surface area contributed by atoms with E-state index in [0.717, 1.165) is 10.9 Å². The number of rotatable bonds is 0. The lowest BCUT2D eigenvalue weighted by molar-refractivity contribution is 0.561. The number of hydrogen-bond acceptors (Lipinski definition) is 3. The minimum atomic E-state index is -0.407. The molecule has 0 bridgehead atoms. The molecule has 0 atom stereocenters. The molecule has 0 fully saturated rings. The van der Waals surface area contributed by atoms with Gasteiger partial charge in [-0.15, -0.1) is 0 Å². The summed E-state index contributed by atoms with van der Waals surface area (Å²) < 4.78 is 4.99. The van der Waals surface area contributed by atoms with Crippen LogP contribution in [0.15, 0.2) is 33.5 Å². The summed E-state index contributed by atoms with van der Waals surface area (Å²) in [5, 5.41) is 0.783. The van der Waals surface area contributed by atoms with Crippen LogP contribution < -0.4 is 11.4 Å². The first kappa shape index (κ1) is 7.86. The Morgan fingerprint density at radius 1 is 1.31 bits per heavy atom. The first-order valence-electron chi connectivity index (χ1n) is 3.97. The number of nitrogens with two attached hydrogens (primary N) is 1. The van der Waals surface area contributed by atoms with Crippen molar-refractivity contribution in [3.05, 3.63) is 40.2 Å². The van der Waals surface area contributed by atoms with Gasteiger partial charge in [0.2, 0.25) is 0 Å². The van der Waals surface area contributed by atoms with Crippen molar-refractivity contribution in [2.45, 2.75) is 6.92 Å². The summed E-state index contributed by atoms with van der Waals surface area (Å²) in [5.41, 5.74) is 7.29. The van der Waals surface area contributed by atoms with E-state index in [1.54, 1.807) is 6.07 Å². The molecule has 0 aliphatic rings. The van der Waals surface area contributed by atoms with Gasteiger partial charge in [0.1, 0.15) is 5.58 Å². The number of anilines is 1. The van der Waals surface area contributed by atoms with Crippen LogP contribution in [0.3, 0.4) is 0 Å². The van der Waals surface area contributed by atoms with Crippen molar-refractivity contribution in [2.75, 3.05) is 5.73 Å². The van der Waals surface area contributed by atoms with Crippen molar-refractivity contribution in [1.29, 1.82) is 0 Å². The quantitative estimate of drug-likeness (QED) is 0.620. The van der Waals surface area contributed by atoms with Gasteiger partial charge in [-0.25, -0.2) is 4.79 Å². The Kier molecular flexibility index (Phi) is 1.59. The van der Waals surface area contributed by atoms with E-state index >= 15 is 0 Å². The highest BCUT2D eigenvalue weighted by molar-refractivity contribution is 5.88. The van der Waals surface area contributed by atoms with Crippen molar-refractivity contribution >= 4 is 16.7 Å². The van der Waals surface area contributed by atoms with Gasteiger partial charge < -0.3 is 10.2 Å². The van der Waals surface area contributed by atoms with Crippen molar-refractivity contribution in [1.82, 2.24) is 0 Å². The monoisotopic (exact) mass is 175 g/mol. The van der Waals surface area contributed by atoms with E-state index in [1.807, 2.05) is 19.1 Å². The van der Waals surface area contributed by atoms with Gasteiger partial charge in [0.25, 0.3) is 0 Å². The van der Waals surface area contributed by atoms with Crippen molar-refractivity contribution in [3.63, 3.8) is 0 Å². The molecule has 13 heavy (non-hydrogen) atoms. The molecule has 0 amide bonds. The maximum absolute atomic E-state index is 11.0. The Labute approximate surface area is 74.8 Å². The molecule has 3 nitrogen and oxygen atoms in total. The van der Waals surface area contributed by atoms with E-state index < -0.39 is 5.63 Å². The third kappa shape index (κ3) is 1.28. The second-order valence-electron chi connectivity index (χ2n) is 3.02. The van der Waals surface area contributed by atoms with Crippen molar-refractivity contribution < 1.29 is 4.42 Å². The summed E-state index contributed by atoms with van der Waals surface area (Å²) in [5.74, 6) is 0. The Bertz CT molecular complexity index is 514. The lowest BCUT2D eigenvalue weighted by Gasteiger charge is -2.00. The fraction of sp³-hybridized carbons (Fsp3) is 0.100. The Morgan fingerprint density at radius 2 is 2.08 bits per heavy atom. The van der Waals surface area contributed by atoms with Crippen LogP contribution in [0.4, 0.5) is 5.69 Å². The highest BCUT2D eigenvalue weighted by Crippen LogP contribution is 2.19. The molecule has 0 spiro atoms. The summed E-state index contributed by atoms with van der Waals surface area (Å²) in [4.78, 5) is 11.0. The van der Waals surface area contributed by atoms with Crippen LogP contribution in [0.2, 0.25) is 0 Å². The molecule has 3 heteroatoms. The van der Waals surface area contributed by atoms with E-state index in [4.69, 9.17) is 10.2 Å². The van der Waals surface area contributed by atoms with Crippen LogP contribution in [0.1, 0.15) is 5.56 Å². The van der Waals surface area contributed by atoms with Gasteiger partial charge in [-0.3, -0.25) is 0 Å².